The van der Waals surface area contributed by atoms with Crippen molar-refractivity contribution in [3.05, 3.63) is 65.9 Å². The lowest BCUT2D eigenvalue weighted by atomic mass is 10.2. The van der Waals surface area contributed by atoms with Gasteiger partial charge >= 0.3 is 0 Å². The van der Waals surface area contributed by atoms with E-state index in [1.54, 1.807) is 11.8 Å². The number of thioether (sulfide) groups is 1. The minimum atomic E-state index is -0.0777. The van der Waals surface area contributed by atoms with E-state index in [2.05, 4.69) is 10.4 Å². The Bertz CT molecular complexity index is 904. The van der Waals surface area contributed by atoms with Crippen LogP contribution in [-0.2, 0) is 4.79 Å². The first-order valence-corrected chi connectivity index (χ1v) is 9.24. The van der Waals surface area contributed by atoms with Gasteiger partial charge in [0.2, 0.25) is 5.91 Å². The van der Waals surface area contributed by atoms with Crippen LogP contribution in [0.5, 0.6) is 5.75 Å². The average Bonchev–Trinajstić information content (AvgIpc) is 3.01. The van der Waals surface area contributed by atoms with Gasteiger partial charge in [-0.2, -0.15) is 5.10 Å². The number of carbonyl (C=O) groups excluding carboxylic acids is 1. The van der Waals surface area contributed by atoms with Crippen LogP contribution in [0.2, 0.25) is 0 Å². The Labute approximate surface area is 157 Å². The fourth-order valence-electron chi connectivity index (χ4n) is 2.49. The third-order valence-corrected chi connectivity index (χ3v) is 4.78. The molecule has 0 saturated carbocycles. The molecule has 5 nitrogen and oxygen atoms in total. The van der Waals surface area contributed by atoms with Crippen LogP contribution in [0, 0.1) is 13.8 Å². The Morgan fingerprint density at radius 1 is 1.15 bits per heavy atom. The van der Waals surface area contributed by atoms with Crippen LogP contribution in [0.3, 0.4) is 0 Å². The van der Waals surface area contributed by atoms with Crippen molar-refractivity contribution < 1.29 is 9.53 Å². The number of hydrogen-bond acceptors (Lipinski definition) is 4. The highest BCUT2D eigenvalue weighted by Crippen LogP contribution is 2.23. The van der Waals surface area contributed by atoms with Gasteiger partial charge in [0.1, 0.15) is 11.6 Å². The number of nitrogens with one attached hydrogen (secondary N) is 1. The number of nitrogens with zero attached hydrogens (tertiary/aromatic N) is 2. The highest BCUT2D eigenvalue weighted by atomic mass is 32.2. The number of methoxy groups -OCH3 is 1. The molecule has 6 heteroatoms. The second-order valence-electron chi connectivity index (χ2n) is 5.93. The maximum atomic E-state index is 12.4. The Kier molecular flexibility index (Phi) is 5.63. The van der Waals surface area contributed by atoms with E-state index in [9.17, 15) is 4.79 Å². The van der Waals surface area contributed by atoms with E-state index >= 15 is 0 Å². The minimum absolute atomic E-state index is 0.0777. The van der Waals surface area contributed by atoms with E-state index in [1.807, 2.05) is 68.4 Å². The number of anilines is 1. The first kappa shape index (κ1) is 18.1. The molecule has 0 aliphatic heterocycles. The fourth-order valence-corrected chi connectivity index (χ4v) is 3.23. The topological polar surface area (TPSA) is 56.1 Å². The molecule has 1 N–H and O–H groups in total. The first-order chi connectivity index (χ1) is 12.5. The van der Waals surface area contributed by atoms with Crippen LogP contribution in [0.15, 0.2) is 59.5 Å². The molecule has 0 bridgehead atoms. The Morgan fingerprint density at radius 2 is 1.92 bits per heavy atom. The van der Waals surface area contributed by atoms with E-state index in [0.717, 1.165) is 22.0 Å². The maximum Gasteiger partial charge on any atom is 0.235 e. The molecule has 0 fully saturated rings. The van der Waals surface area contributed by atoms with E-state index < -0.39 is 0 Å². The van der Waals surface area contributed by atoms with Gasteiger partial charge in [-0.3, -0.25) is 4.79 Å². The van der Waals surface area contributed by atoms with E-state index in [1.165, 1.54) is 17.3 Å². The smallest absolute Gasteiger partial charge is 0.235 e. The molecule has 0 atom stereocenters. The monoisotopic (exact) mass is 367 g/mol. The van der Waals surface area contributed by atoms with Crippen LogP contribution >= 0.6 is 11.8 Å². The van der Waals surface area contributed by atoms with Gasteiger partial charge in [0.05, 0.1) is 24.2 Å². The van der Waals surface area contributed by atoms with Gasteiger partial charge < -0.3 is 10.1 Å². The van der Waals surface area contributed by atoms with Crippen molar-refractivity contribution >= 4 is 23.5 Å². The summed E-state index contributed by atoms with van der Waals surface area (Å²) in [6.45, 7) is 3.95. The number of aryl methyl sites for hydroxylation is 2. The molecule has 0 unspecified atom stereocenters. The summed E-state index contributed by atoms with van der Waals surface area (Å²) in [7, 11) is 1.63. The van der Waals surface area contributed by atoms with Crippen molar-refractivity contribution in [1.29, 1.82) is 0 Å². The van der Waals surface area contributed by atoms with Crippen molar-refractivity contribution in [2.45, 2.75) is 18.7 Å². The van der Waals surface area contributed by atoms with Gasteiger partial charge in [-0.1, -0.05) is 23.8 Å². The zero-order valence-corrected chi connectivity index (χ0v) is 15.8. The third-order valence-electron chi connectivity index (χ3n) is 3.79. The van der Waals surface area contributed by atoms with Crippen LogP contribution in [0.4, 0.5) is 5.82 Å². The number of hydrogen-bond donors (Lipinski definition) is 1. The van der Waals surface area contributed by atoms with Crippen LogP contribution in [0.25, 0.3) is 5.69 Å². The van der Waals surface area contributed by atoms with Gasteiger partial charge in [-0.05, 0) is 44.2 Å². The summed E-state index contributed by atoms with van der Waals surface area (Å²) in [5, 5.41) is 7.44. The second kappa shape index (κ2) is 8.10. The van der Waals surface area contributed by atoms with Gasteiger partial charge in [0, 0.05) is 11.0 Å². The molecule has 0 saturated heterocycles. The minimum Gasteiger partial charge on any atom is -0.497 e. The summed E-state index contributed by atoms with van der Waals surface area (Å²) in [4.78, 5) is 13.4. The van der Waals surface area contributed by atoms with Crippen molar-refractivity contribution in [3.8, 4) is 11.4 Å². The van der Waals surface area contributed by atoms with Crippen molar-refractivity contribution in [2.24, 2.45) is 0 Å². The summed E-state index contributed by atoms with van der Waals surface area (Å²) in [6.07, 6.45) is 0. The zero-order valence-electron chi connectivity index (χ0n) is 15.0. The molecule has 0 radical (unpaired) electrons. The van der Waals surface area contributed by atoms with Gasteiger partial charge in [-0.15, -0.1) is 11.8 Å². The maximum absolute atomic E-state index is 12.4. The predicted molar refractivity (Wildman–Crippen MR) is 105 cm³/mol. The van der Waals surface area contributed by atoms with Crippen LogP contribution in [0.1, 0.15) is 11.3 Å². The third kappa shape index (κ3) is 4.46. The average molecular weight is 367 g/mol. The molecular weight excluding hydrogens is 346 g/mol. The molecule has 1 aromatic heterocycles. The van der Waals surface area contributed by atoms with Crippen molar-refractivity contribution in [2.75, 3.05) is 18.2 Å². The van der Waals surface area contributed by atoms with Gasteiger partial charge in [-0.25, -0.2) is 4.68 Å². The molecule has 26 heavy (non-hydrogen) atoms. The number of amides is 1. The number of ether oxygens (including phenoxy) is 1. The summed E-state index contributed by atoms with van der Waals surface area (Å²) < 4.78 is 6.96. The van der Waals surface area contributed by atoms with E-state index in [-0.39, 0.29) is 5.91 Å². The Balaban J connectivity index is 1.68. The largest absolute Gasteiger partial charge is 0.497 e. The lowest BCUT2D eigenvalue weighted by Gasteiger charge is -2.09. The lowest BCUT2D eigenvalue weighted by molar-refractivity contribution is -0.113. The second-order valence-corrected chi connectivity index (χ2v) is 6.98. The fraction of sp³-hybridized carbons (Fsp3) is 0.200. The summed E-state index contributed by atoms with van der Waals surface area (Å²) >= 11 is 1.47. The summed E-state index contributed by atoms with van der Waals surface area (Å²) in [5.74, 6) is 1.68. The summed E-state index contributed by atoms with van der Waals surface area (Å²) in [5.41, 5.74) is 2.94. The van der Waals surface area contributed by atoms with E-state index in [0.29, 0.717) is 11.6 Å². The van der Waals surface area contributed by atoms with Crippen molar-refractivity contribution in [1.82, 2.24) is 9.78 Å². The quantitative estimate of drug-likeness (QED) is 0.663. The Morgan fingerprint density at radius 3 is 2.65 bits per heavy atom. The molecule has 2 aromatic carbocycles. The first-order valence-electron chi connectivity index (χ1n) is 8.25. The van der Waals surface area contributed by atoms with Crippen LogP contribution < -0.4 is 10.1 Å². The molecule has 0 aliphatic rings. The molecule has 1 heterocycles. The number of benzene rings is 2. The number of aromatic nitrogens is 2. The molecule has 1 amide bonds. The van der Waals surface area contributed by atoms with Gasteiger partial charge in [0.15, 0.2) is 0 Å². The molecule has 3 rings (SSSR count). The SMILES string of the molecule is COc1cccc(SCC(=O)Nc2cc(C)nn2-c2ccc(C)cc2)c1. The molecule has 0 spiro atoms. The van der Waals surface area contributed by atoms with Crippen molar-refractivity contribution in [3.63, 3.8) is 0 Å². The Hall–Kier alpha value is -2.73. The molecule has 134 valence electrons. The zero-order chi connectivity index (χ0) is 18.5. The molecular formula is C20H21N3O2S. The highest BCUT2D eigenvalue weighted by Gasteiger charge is 2.11. The lowest BCUT2D eigenvalue weighted by Crippen LogP contribution is -2.16. The number of carbonyl (C=O) groups is 1. The molecule has 3 aromatic rings. The molecule has 0 aliphatic carbocycles. The standard InChI is InChI=1S/C20H21N3O2S/c1-14-7-9-16(10-8-14)23-19(11-15(2)22-23)21-20(24)13-26-18-6-4-5-17(12-18)25-3/h4-12H,13H2,1-3H3,(H,21,24). The van der Waals surface area contributed by atoms with Gasteiger partial charge in [0.25, 0.3) is 0 Å². The predicted octanol–water partition coefficient (Wildman–Crippen LogP) is 4.23. The van der Waals surface area contributed by atoms with Crippen LogP contribution in [-0.4, -0.2) is 28.6 Å². The number of rotatable bonds is 6. The summed E-state index contributed by atoms with van der Waals surface area (Å²) in [6, 6.07) is 17.6. The van der Waals surface area contributed by atoms with E-state index in [4.69, 9.17) is 4.74 Å². The normalized spacial score (nSPS) is 10.6. The highest BCUT2D eigenvalue weighted by molar-refractivity contribution is 8.00.